The molecule has 0 aliphatic carbocycles. The number of aromatic nitrogens is 1. The molecule has 1 heteroatoms. The van der Waals surface area contributed by atoms with Gasteiger partial charge in [-0.2, -0.15) is 0 Å². The van der Waals surface area contributed by atoms with Crippen molar-refractivity contribution in [2.45, 2.75) is 6.92 Å². The lowest BCUT2D eigenvalue weighted by atomic mass is 10.2. The third kappa shape index (κ3) is 1.24. The van der Waals surface area contributed by atoms with Gasteiger partial charge in [-0.05, 0) is 12.5 Å². The fraction of sp³-hybridized carbons (Fsp3) is 0.222. The summed E-state index contributed by atoms with van der Waals surface area (Å²) in [5, 5.41) is 0. The van der Waals surface area contributed by atoms with E-state index in [-0.39, 0.29) is 0 Å². The molecule has 0 aliphatic heterocycles. The average molecular weight is 134 g/mol. The molecule has 0 saturated carbocycles. The molecule has 52 valence electrons. The molecule has 1 aromatic heterocycles. The van der Waals surface area contributed by atoms with Crippen LogP contribution in [0, 0.1) is 6.92 Å². The van der Waals surface area contributed by atoms with Gasteiger partial charge in [-0.1, -0.05) is 6.58 Å². The Labute approximate surface area is 61.6 Å². The van der Waals surface area contributed by atoms with E-state index in [0.29, 0.717) is 0 Å². The van der Waals surface area contributed by atoms with Crippen molar-refractivity contribution in [3.63, 3.8) is 0 Å². The van der Waals surface area contributed by atoms with Crippen LogP contribution in [0.1, 0.15) is 11.3 Å². The van der Waals surface area contributed by atoms with Crippen LogP contribution in [0.4, 0.5) is 0 Å². The molecule has 0 atom stereocenters. The summed E-state index contributed by atoms with van der Waals surface area (Å²) in [5.41, 5.74) is 2.42. The Kier molecular flexibility index (Phi) is 1.86. The van der Waals surface area contributed by atoms with Crippen LogP contribution in [-0.4, -0.2) is 0 Å². The first-order valence-corrected chi connectivity index (χ1v) is 3.33. The van der Waals surface area contributed by atoms with E-state index >= 15 is 0 Å². The molecule has 0 spiro atoms. The molecule has 0 bridgehead atoms. The molecule has 0 fully saturated rings. The van der Waals surface area contributed by atoms with Crippen LogP contribution in [0.15, 0.2) is 24.9 Å². The third-order valence-corrected chi connectivity index (χ3v) is 1.55. The molecule has 0 unspecified atom stereocenters. The Morgan fingerprint density at radius 3 is 2.80 bits per heavy atom. The molecule has 0 amide bonds. The van der Waals surface area contributed by atoms with Crippen molar-refractivity contribution < 1.29 is 4.57 Å². The Morgan fingerprint density at radius 2 is 2.30 bits per heavy atom. The minimum absolute atomic E-state index is 1.15. The maximum atomic E-state index is 3.71. The van der Waals surface area contributed by atoms with Crippen molar-refractivity contribution in [2.24, 2.45) is 7.05 Å². The number of hydrogen-bond acceptors (Lipinski definition) is 0. The second-order valence-electron chi connectivity index (χ2n) is 2.44. The predicted octanol–water partition coefficient (Wildman–Crippen LogP) is 1.46. The zero-order chi connectivity index (χ0) is 7.56. The van der Waals surface area contributed by atoms with Crippen LogP contribution in [0.2, 0.25) is 0 Å². The molecule has 0 N–H and O–H groups in total. The molecule has 10 heavy (non-hydrogen) atoms. The molecule has 1 aromatic rings. The van der Waals surface area contributed by atoms with Gasteiger partial charge in [0.05, 0.1) is 0 Å². The van der Waals surface area contributed by atoms with Crippen LogP contribution in [0.5, 0.6) is 0 Å². The molecule has 0 aromatic carbocycles. The first-order valence-electron chi connectivity index (χ1n) is 3.33. The van der Waals surface area contributed by atoms with Crippen molar-refractivity contribution in [1.82, 2.24) is 0 Å². The van der Waals surface area contributed by atoms with Gasteiger partial charge in [0.15, 0.2) is 6.20 Å². The lowest BCUT2D eigenvalue weighted by molar-refractivity contribution is -0.673. The van der Waals surface area contributed by atoms with E-state index in [1.807, 2.05) is 23.9 Å². The van der Waals surface area contributed by atoms with E-state index < -0.39 is 0 Å². The maximum absolute atomic E-state index is 3.71. The number of rotatable bonds is 1. The van der Waals surface area contributed by atoms with Crippen molar-refractivity contribution in [3.8, 4) is 0 Å². The van der Waals surface area contributed by atoms with E-state index in [1.54, 1.807) is 0 Å². The standard InChI is InChI=1S/C9H12N/c1-4-9-7-8(2)5-6-10(9)3/h4-7H,1H2,2-3H3/q+1. The number of pyridine rings is 1. The van der Waals surface area contributed by atoms with Gasteiger partial charge >= 0.3 is 0 Å². The predicted molar refractivity (Wildman–Crippen MR) is 42.4 cm³/mol. The van der Waals surface area contributed by atoms with Crippen LogP contribution in [0.25, 0.3) is 6.08 Å². The fourth-order valence-corrected chi connectivity index (χ4v) is 0.902. The SMILES string of the molecule is C=Cc1cc(C)cc[n+]1C. The quantitative estimate of drug-likeness (QED) is 0.512. The Hall–Kier alpha value is -1.11. The molecule has 1 rings (SSSR count). The number of hydrogen-bond donors (Lipinski definition) is 0. The zero-order valence-corrected chi connectivity index (χ0v) is 6.46. The highest BCUT2D eigenvalue weighted by atomic mass is 14.9. The van der Waals surface area contributed by atoms with Gasteiger partial charge in [-0.3, -0.25) is 0 Å². The normalized spacial score (nSPS) is 9.40. The van der Waals surface area contributed by atoms with E-state index in [4.69, 9.17) is 0 Å². The van der Waals surface area contributed by atoms with E-state index in [1.165, 1.54) is 5.56 Å². The summed E-state index contributed by atoms with van der Waals surface area (Å²) in [4.78, 5) is 0. The zero-order valence-electron chi connectivity index (χ0n) is 6.46. The van der Waals surface area contributed by atoms with Gasteiger partial charge in [0, 0.05) is 18.2 Å². The van der Waals surface area contributed by atoms with Crippen molar-refractivity contribution >= 4 is 6.08 Å². The first kappa shape index (κ1) is 7.00. The van der Waals surface area contributed by atoms with E-state index in [2.05, 4.69) is 25.6 Å². The Morgan fingerprint density at radius 1 is 1.60 bits per heavy atom. The van der Waals surface area contributed by atoms with Gasteiger partial charge in [0.25, 0.3) is 0 Å². The molecule has 1 nitrogen and oxygen atoms in total. The fourth-order valence-electron chi connectivity index (χ4n) is 0.902. The lowest BCUT2D eigenvalue weighted by Crippen LogP contribution is -2.30. The summed E-state index contributed by atoms with van der Waals surface area (Å²) < 4.78 is 2.04. The Balaban J connectivity index is 3.21. The van der Waals surface area contributed by atoms with Crippen LogP contribution < -0.4 is 4.57 Å². The van der Waals surface area contributed by atoms with Gasteiger partial charge in [-0.15, -0.1) is 0 Å². The third-order valence-electron chi connectivity index (χ3n) is 1.55. The molecule has 0 saturated heterocycles. The maximum Gasteiger partial charge on any atom is 0.204 e. The minimum atomic E-state index is 1.15. The molecule has 0 radical (unpaired) electrons. The highest BCUT2D eigenvalue weighted by molar-refractivity contribution is 5.38. The first-order chi connectivity index (χ1) is 4.74. The van der Waals surface area contributed by atoms with Gasteiger partial charge < -0.3 is 0 Å². The monoisotopic (exact) mass is 134 g/mol. The Bertz CT molecular complexity index is 251. The summed E-state index contributed by atoms with van der Waals surface area (Å²) in [7, 11) is 2.01. The van der Waals surface area contributed by atoms with Gasteiger partial charge in [0.2, 0.25) is 5.69 Å². The summed E-state index contributed by atoms with van der Waals surface area (Å²) in [6, 6.07) is 4.18. The highest BCUT2D eigenvalue weighted by Gasteiger charge is 1.98. The smallest absolute Gasteiger partial charge is 0.202 e. The van der Waals surface area contributed by atoms with Gasteiger partial charge in [-0.25, -0.2) is 4.57 Å². The van der Waals surface area contributed by atoms with E-state index in [0.717, 1.165) is 5.69 Å². The van der Waals surface area contributed by atoms with Crippen molar-refractivity contribution in [3.05, 3.63) is 36.2 Å². The summed E-state index contributed by atoms with van der Waals surface area (Å²) in [6.45, 7) is 5.79. The summed E-state index contributed by atoms with van der Waals surface area (Å²) in [5.74, 6) is 0. The largest absolute Gasteiger partial charge is 0.204 e. The highest BCUT2D eigenvalue weighted by Crippen LogP contribution is 1.97. The minimum Gasteiger partial charge on any atom is -0.202 e. The summed E-state index contributed by atoms with van der Waals surface area (Å²) in [6.07, 6.45) is 3.89. The second kappa shape index (κ2) is 2.65. The van der Waals surface area contributed by atoms with Crippen LogP contribution in [-0.2, 0) is 7.05 Å². The summed E-state index contributed by atoms with van der Waals surface area (Å²) >= 11 is 0. The topological polar surface area (TPSA) is 3.88 Å². The lowest BCUT2D eigenvalue weighted by Gasteiger charge is -1.93. The second-order valence-corrected chi connectivity index (χ2v) is 2.44. The average Bonchev–Trinajstić information content (AvgIpc) is 1.94. The molecular formula is C9H12N+. The van der Waals surface area contributed by atoms with Crippen molar-refractivity contribution in [2.75, 3.05) is 0 Å². The molecular weight excluding hydrogens is 122 g/mol. The molecule has 1 heterocycles. The van der Waals surface area contributed by atoms with Crippen LogP contribution >= 0.6 is 0 Å². The number of nitrogens with zero attached hydrogens (tertiary/aromatic N) is 1. The van der Waals surface area contributed by atoms with Crippen LogP contribution in [0.3, 0.4) is 0 Å². The van der Waals surface area contributed by atoms with E-state index in [9.17, 15) is 0 Å². The van der Waals surface area contributed by atoms with Crippen molar-refractivity contribution in [1.29, 1.82) is 0 Å². The molecule has 0 aliphatic rings. The van der Waals surface area contributed by atoms with Gasteiger partial charge in [0.1, 0.15) is 7.05 Å². The number of aryl methyl sites for hydroxylation is 2.